The predicted octanol–water partition coefficient (Wildman–Crippen LogP) is 11.3. The molecule has 0 fully saturated rings. The second-order valence-corrected chi connectivity index (χ2v) is 10.6. The van der Waals surface area contributed by atoms with E-state index >= 15 is 0 Å². The number of para-hydroxylation sites is 2. The maximum Gasteiger partial charge on any atom is 0.135 e. The van der Waals surface area contributed by atoms with E-state index in [1.165, 1.54) is 21.5 Å². The number of anilines is 3. The Morgan fingerprint density at radius 3 is 1.34 bits per heavy atom. The molecule has 3 heteroatoms. The number of nitrogens with zero attached hydrogens (tertiary/aromatic N) is 1. The predicted molar refractivity (Wildman–Crippen MR) is 171 cm³/mol. The Kier molecular flexibility index (Phi) is 4.61. The van der Waals surface area contributed by atoms with Crippen LogP contribution in [-0.4, -0.2) is 0 Å². The average Bonchev–Trinajstić information content (AvgIpc) is 3.59. The van der Waals surface area contributed by atoms with Crippen molar-refractivity contribution in [3.63, 3.8) is 0 Å². The number of fused-ring (bicyclic) bond motifs is 9. The molecule has 0 aliphatic rings. The third-order valence-electron chi connectivity index (χ3n) is 8.23. The van der Waals surface area contributed by atoms with E-state index in [2.05, 4.69) is 120 Å². The minimum absolute atomic E-state index is 0.885. The molecule has 0 N–H and O–H groups in total. The lowest BCUT2D eigenvalue weighted by molar-refractivity contribution is 0.668. The van der Waals surface area contributed by atoms with Gasteiger partial charge in [0.05, 0.1) is 0 Å². The van der Waals surface area contributed by atoms with Crippen LogP contribution in [0.15, 0.2) is 148 Å². The minimum atomic E-state index is 0.885. The van der Waals surface area contributed by atoms with Crippen molar-refractivity contribution in [2.45, 2.75) is 0 Å². The summed E-state index contributed by atoms with van der Waals surface area (Å²) in [6.07, 6.45) is 0. The quantitative estimate of drug-likeness (QED) is 0.215. The number of benzene rings is 7. The maximum absolute atomic E-state index is 6.17. The summed E-state index contributed by atoms with van der Waals surface area (Å²) in [5, 5.41) is 9.37. The van der Waals surface area contributed by atoms with Crippen LogP contribution < -0.4 is 4.90 Å². The second kappa shape index (κ2) is 8.48. The highest BCUT2D eigenvalue weighted by Crippen LogP contribution is 2.42. The summed E-state index contributed by atoms with van der Waals surface area (Å²) in [6.45, 7) is 0. The first-order valence-electron chi connectivity index (χ1n) is 13.8. The van der Waals surface area contributed by atoms with Crippen molar-refractivity contribution < 1.29 is 8.83 Å². The largest absolute Gasteiger partial charge is 0.456 e. The lowest BCUT2D eigenvalue weighted by Gasteiger charge is -2.26. The van der Waals surface area contributed by atoms with E-state index < -0.39 is 0 Å². The molecular formula is C38H23NO2. The molecule has 2 heterocycles. The molecule has 0 unspecified atom stereocenters. The van der Waals surface area contributed by atoms with Crippen molar-refractivity contribution in [2.75, 3.05) is 4.90 Å². The zero-order valence-corrected chi connectivity index (χ0v) is 22.0. The SMILES string of the molecule is c1ccc2c(c1)ccc1ccc(N(c3ccc4oc5ccccc5c4c3)c3ccc4oc5ccccc5c4c3)cc12. The van der Waals surface area contributed by atoms with Crippen LogP contribution in [0.3, 0.4) is 0 Å². The van der Waals surface area contributed by atoms with E-state index in [1.807, 2.05) is 24.3 Å². The van der Waals surface area contributed by atoms with E-state index in [0.29, 0.717) is 0 Å². The van der Waals surface area contributed by atoms with E-state index in [9.17, 15) is 0 Å². The Bertz CT molecular complexity index is 2330. The van der Waals surface area contributed by atoms with E-state index in [0.717, 1.165) is 60.9 Å². The zero-order chi connectivity index (χ0) is 26.9. The number of hydrogen-bond acceptors (Lipinski definition) is 3. The summed E-state index contributed by atoms with van der Waals surface area (Å²) < 4.78 is 12.3. The van der Waals surface area contributed by atoms with Gasteiger partial charge in [0.2, 0.25) is 0 Å². The summed E-state index contributed by atoms with van der Waals surface area (Å²) in [7, 11) is 0. The molecule has 9 rings (SSSR count). The van der Waals surface area contributed by atoms with Crippen LogP contribution in [0.5, 0.6) is 0 Å². The molecule has 9 aromatic rings. The van der Waals surface area contributed by atoms with Gasteiger partial charge in [0.25, 0.3) is 0 Å². The van der Waals surface area contributed by atoms with Gasteiger partial charge in [0.1, 0.15) is 22.3 Å². The normalized spacial score (nSPS) is 11.9. The fourth-order valence-electron chi connectivity index (χ4n) is 6.28. The highest BCUT2D eigenvalue weighted by atomic mass is 16.3. The second-order valence-electron chi connectivity index (χ2n) is 10.6. The van der Waals surface area contributed by atoms with Gasteiger partial charge in [-0.3, -0.25) is 0 Å². The summed E-state index contributed by atoms with van der Waals surface area (Å²) >= 11 is 0. The molecule has 0 saturated heterocycles. The molecule has 7 aromatic carbocycles. The van der Waals surface area contributed by atoms with Crippen LogP contribution in [0.1, 0.15) is 0 Å². The van der Waals surface area contributed by atoms with Gasteiger partial charge in [-0.2, -0.15) is 0 Å². The van der Waals surface area contributed by atoms with Crippen molar-refractivity contribution in [2.24, 2.45) is 0 Å². The Labute approximate surface area is 235 Å². The molecule has 0 aliphatic heterocycles. The fraction of sp³-hybridized carbons (Fsp3) is 0. The third kappa shape index (κ3) is 3.39. The minimum Gasteiger partial charge on any atom is -0.456 e. The molecule has 0 amide bonds. The molecule has 0 radical (unpaired) electrons. The summed E-state index contributed by atoms with van der Waals surface area (Å²) in [6, 6.07) is 49.2. The van der Waals surface area contributed by atoms with E-state index in [4.69, 9.17) is 8.83 Å². The Hall–Kier alpha value is -5.54. The van der Waals surface area contributed by atoms with Crippen molar-refractivity contribution in [3.05, 3.63) is 140 Å². The molecule has 0 aliphatic carbocycles. The van der Waals surface area contributed by atoms with Gasteiger partial charge < -0.3 is 13.7 Å². The van der Waals surface area contributed by atoms with Gasteiger partial charge in [-0.05, 0) is 82.2 Å². The summed E-state index contributed by atoms with van der Waals surface area (Å²) in [5.41, 5.74) is 6.79. The number of furan rings is 2. The first-order valence-corrected chi connectivity index (χ1v) is 13.8. The van der Waals surface area contributed by atoms with Gasteiger partial charge in [-0.15, -0.1) is 0 Å². The Balaban J connectivity index is 1.33. The maximum atomic E-state index is 6.17. The third-order valence-corrected chi connectivity index (χ3v) is 8.23. The average molecular weight is 526 g/mol. The molecule has 0 atom stereocenters. The smallest absolute Gasteiger partial charge is 0.135 e. The van der Waals surface area contributed by atoms with Crippen LogP contribution in [0, 0.1) is 0 Å². The molecule has 2 aromatic heterocycles. The van der Waals surface area contributed by atoms with Crippen molar-refractivity contribution in [1.29, 1.82) is 0 Å². The van der Waals surface area contributed by atoms with Crippen molar-refractivity contribution in [3.8, 4) is 0 Å². The fourth-order valence-corrected chi connectivity index (χ4v) is 6.28. The van der Waals surface area contributed by atoms with Gasteiger partial charge in [0.15, 0.2) is 0 Å². The highest BCUT2D eigenvalue weighted by molar-refractivity contribution is 6.11. The lowest BCUT2D eigenvalue weighted by atomic mass is 10.0. The van der Waals surface area contributed by atoms with Crippen molar-refractivity contribution >= 4 is 82.5 Å². The molecule has 0 bridgehead atoms. The summed E-state index contributed by atoms with van der Waals surface area (Å²) in [5.74, 6) is 0. The molecule has 3 nitrogen and oxygen atoms in total. The standard InChI is InChI=1S/C38H23NO2/c1-2-8-29-24(7-1)13-14-25-15-16-26(21-32(25)29)39(27-17-19-37-33(22-27)30-9-3-5-11-35(30)40-37)28-18-20-38-34(23-28)31-10-4-6-12-36(31)41-38/h1-23H. The molecule has 192 valence electrons. The topological polar surface area (TPSA) is 29.5 Å². The molecule has 0 spiro atoms. The number of rotatable bonds is 3. The number of hydrogen-bond donors (Lipinski definition) is 0. The first kappa shape index (κ1) is 22.3. The highest BCUT2D eigenvalue weighted by Gasteiger charge is 2.18. The van der Waals surface area contributed by atoms with Crippen LogP contribution in [0.2, 0.25) is 0 Å². The van der Waals surface area contributed by atoms with Crippen LogP contribution in [0.25, 0.3) is 65.4 Å². The van der Waals surface area contributed by atoms with Crippen LogP contribution in [0.4, 0.5) is 17.1 Å². The molecule has 41 heavy (non-hydrogen) atoms. The van der Waals surface area contributed by atoms with Gasteiger partial charge >= 0.3 is 0 Å². The van der Waals surface area contributed by atoms with Crippen LogP contribution in [-0.2, 0) is 0 Å². The van der Waals surface area contributed by atoms with Gasteiger partial charge in [-0.25, -0.2) is 0 Å². The zero-order valence-electron chi connectivity index (χ0n) is 22.0. The lowest BCUT2D eigenvalue weighted by Crippen LogP contribution is -2.09. The van der Waals surface area contributed by atoms with Crippen LogP contribution >= 0.6 is 0 Å². The van der Waals surface area contributed by atoms with Crippen molar-refractivity contribution in [1.82, 2.24) is 0 Å². The van der Waals surface area contributed by atoms with E-state index in [1.54, 1.807) is 0 Å². The summed E-state index contributed by atoms with van der Waals surface area (Å²) in [4.78, 5) is 2.34. The Morgan fingerprint density at radius 2 is 0.732 bits per heavy atom. The molecule has 0 saturated carbocycles. The van der Waals surface area contributed by atoms with Gasteiger partial charge in [-0.1, -0.05) is 78.9 Å². The van der Waals surface area contributed by atoms with E-state index in [-0.39, 0.29) is 0 Å². The monoisotopic (exact) mass is 525 g/mol. The Morgan fingerprint density at radius 1 is 0.317 bits per heavy atom. The first-order chi connectivity index (χ1) is 20.3. The molecular weight excluding hydrogens is 502 g/mol. The van der Waals surface area contributed by atoms with Gasteiger partial charge in [0, 0.05) is 38.6 Å².